The van der Waals surface area contributed by atoms with Crippen molar-refractivity contribution in [3.8, 4) is 0 Å². The van der Waals surface area contributed by atoms with Crippen molar-refractivity contribution in [2.75, 3.05) is 6.61 Å². The first-order valence-electron chi connectivity index (χ1n) is 11.1. The Balaban J connectivity index is 1.46. The maximum absolute atomic E-state index is 10.4. The predicted octanol–water partition coefficient (Wildman–Crippen LogP) is 3.18. The summed E-state index contributed by atoms with van der Waals surface area (Å²) in [6.07, 6.45) is 1.29. The van der Waals surface area contributed by atoms with Crippen molar-refractivity contribution in [3.63, 3.8) is 0 Å². The number of hydrogen-bond acceptors (Lipinski definition) is 5. The number of halogens is 1. The van der Waals surface area contributed by atoms with Crippen LogP contribution in [0.3, 0.4) is 0 Å². The average Bonchev–Trinajstić information content (AvgIpc) is 2.74. The maximum Gasteiger partial charge on any atom is 0.113 e. The summed E-state index contributed by atoms with van der Waals surface area (Å²) in [5, 5.41) is 40.6. The number of aryl methyl sites for hydroxylation is 1. The second kappa shape index (κ2) is 9.99. The highest BCUT2D eigenvalue weighted by Crippen LogP contribution is 2.34. The number of aliphatic hydroxyl groups is 4. The molecule has 4 rings (SSSR count). The van der Waals surface area contributed by atoms with Gasteiger partial charge in [-0.05, 0) is 53.5 Å². The molecule has 0 bridgehead atoms. The lowest BCUT2D eigenvalue weighted by atomic mass is 9.81. The summed E-state index contributed by atoms with van der Waals surface area (Å²) in [7, 11) is 0. The van der Waals surface area contributed by atoms with E-state index in [9.17, 15) is 20.4 Å². The Kier molecular flexibility index (Phi) is 7.32. The van der Waals surface area contributed by atoms with E-state index >= 15 is 0 Å². The molecule has 2 aromatic carbocycles. The van der Waals surface area contributed by atoms with Gasteiger partial charge in [0.15, 0.2) is 0 Å². The van der Waals surface area contributed by atoms with Crippen molar-refractivity contribution >= 4 is 11.6 Å². The second-order valence-electron chi connectivity index (χ2n) is 8.93. The highest BCUT2D eigenvalue weighted by atomic mass is 35.5. The topological polar surface area (TPSA) is 90.2 Å². The lowest BCUT2D eigenvalue weighted by Gasteiger charge is -2.40. The smallest absolute Gasteiger partial charge is 0.113 e. The molecule has 1 aliphatic carbocycles. The maximum atomic E-state index is 10.4. The third-order valence-electron chi connectivity index (χ3n) is 6.77. The van der Waals surface area contributed by atoms with E-state index in [1.54, 1.807) is 12.1 Å². The van der Waals surface area contributed by atoms with Gasteiger partial charge in [0, 0.05) is 5.02 Å². The number of ether oxygens (including phenoxy) is 1. The normalized spacial score (nSPS) is 29.0. The van der Waals surface area contributed by atoms with Crippen molar-refractivity contribution in [3.05, 3.63) is 69.7 Å². The average molecular weight is 447 g/mol. The predicted molar refractivity (Wildman–Crippen MR) is 119 cm³/mol. The summed E-state index contributed by atoms with van der Waals surface area (Å²) >= 11 is 6.43. The summed E-state index contributed by atoms with van der Waals surface area (Å²) in [6, 6.07) is 14.0. The molecule has 6 heteroatoms. The van der Waals surface area contributed by atoms with Crippen molar-refractivity contribution in [2.24, 2.45) is 5.92 Å². The van der Waals surface area contributed by atoms with Crippen LogP contribution in [0.2, 0.25) is 5.02 Å². The summed E-state index contributed by atoms with van der Waals surface area (Å²) in [5.74, 6) is 0.906. The van der Waals surface area contributed by atoms with E-state index in [0.29, 0.717) is 17.0 Å². The molecule has 0 aromatic heterocycles. The van der Waals surface area contributed by atoms with Crippen LogP contribution >= 0.6 is 11.6 Å². The molecule has 2 fully saturated rings. The molecule has 0 radical (unpaired) electrons. The molecule has 1 aliphatic heterocycles. The van der Waals surface area contributed by atoms with Crippen LogP contribution in [0.5, 0.6) is 0 Å². The van der Waals surface area contributed by atoms with Crippen LogP contribution < -0.4 is 0 Å². The monoisotopic (exact) mass is 446 g/mol. The molecule has 2 aliphatic rings. The van der Waals surface area contributed by atoms with Gasteiger partial charge in [0.1, 0.15) is 30.5 Å². The van der Waals surface area contributed by atoms with E-state index < -0.39 is 37.1 Å². The quantitative estimate of drug-likeness (QED) is 0.524. The molecular weight excluding hydrogens is 416 g/mol. The van der Waals surface area contributed by atoms with Gasteiger partial charge in [0.25, 0.3) is 0 Å². The third kappa shape index (κ3) is 5.14. The van der Waals surface area contributed by atoms with Crippen LogP contribution in [0.4, 0.5) is 0 Å². The highest BCUT2D eigenvalue weighted by Gasteiger charge is 2.44. The lowest BCUT2D eigenvalue weighted by Crippen LogP contribution is -2.55. The van der Waals surface area contributed by atoms with Crippen LogP contribution in [-0.4, -0.2) is 51.4 Å². The van der Waals surface area contributed by atoms with Gasteiger partial charge < -0.3 is 25.2 Å². The Bertz CT molecular complexity index is 865. The zero-order valence-corrected chi connectivity index (χ0v) is 18.3. The van der Waals surface area contributed by atoms with Crippen LogP contribution in [-0.2, 0) is 17.6 Å². The summed E-state index contributed by atoms with van der Waals surface area (Å²) in [5.41, 5.74) is 4.03. The van der Waals surface area contributed by atoms with Crippen molar-refractivity contribution in [2.45, 2.75) is 69.0 Å². The Morgan fingerprint density at radius 2 is 1.61 bits per heavy atom. The molecule has 4 N–H and O–H groups in total. The largest absolute Gasteiger partial charge is 0.394 e. The Morgan fingerprint density at radius 1 is 0.903 bits per heavy atom. The standard InChI is InChI=1S/C25H31ClO5/c26-20-11-10-18(25-24(30)23(29)22(28)21(14-27)31-25)13-19(20)12-17-8-6-16(7-9-17)5-4-15-2-1-3-15/h6-11,13,15,21-25,27-30H,1-5,12,14H2/t21-,22-,23+,24-,25+/m1/s1. The van der Waals surface area contributed by atoms with Crippen LogP contribution in [0.15, 0.2) is 42.5 Å². The molecule has 2 aromatic rings. The van der Waals surface area contributed by atoms with E-state index in [0.717, 1.165) is 23.5 Å². The van der Waals surface area contributed by atoms with Gasteiger partial charge in [0.05, 0.1) is 6.61 Å². The van der Waals surface area contributed by atoms with Gasteiger partial charge in [-0.1, -0.05) is 67.3 Å². The summed E-state index contributed by atoms with van der Waals surface area (Å²) in [4.78, 5) is 0. The molecule has 0 unspecified atom stereocenters. The van der Waals surface area contributed by atoms with Gasteiger partial charge in [-0.15, -0.1) is 0 Å². The molecule has 0 spiro atoms. The molecule has 5 nitrogen and oxygen atoms in total. The first-order valence-corrected chi connectivity index (χ1v) is 11.5. The number of aliphatic hydroxyl groups excluding tert-OH is 4. The minimum atomic E-state index is -1.40. The SMILES string of the molecule is OC[C@H]1O[C@@H](c2ccc(Cl)c(Cc3ccc(CCC4CCC4)cc3)c2)[C@H](O)[C@@H](O)[C@@H]1O. The third-order valence-corrected chi connectivity index (χ3v) is 7.14. The summed E-state index contributed by atoms with van der Waals surface area (Å²) in [6.45, 7) is -0.449. The van der Waals surface area contributed by atoms with Crippen molar-refractivity contribution in [1.82, 2.24) is 0 Å². The van der Waals surface area contributed by atoms with Crippen molar-refractivity contribution in [1.29, 1.82) is 0 Å². The van der Waals surface area contributed by atoms with Gasteiger partial charge in [-0.25, -0.2) is 0 Å². The van der Waals surface area contributed by atoms with Crippen LogP contribution in [0, 0.1) is 5.92 Å². The van der Waals surface area contributed by atoms with E-state index in [1.165, 1.54) is 31.2 Å². The van der Waals surface area contributed by atoms with E-state index in [2.05, 4.69) is 24.3 Å². The van der Waals surface area contributed by atoms with Gasteiger partial charge in [-0.3, -0.25) is 0 Å². The minimum Gasteiger partial charge on any atom is -0.394 e. The number of rotatable bonds is 7. The fourth-order valence-corrected chi connectivity index (χ4v) is 4.66. The summed E-state index contributed by atoms with van der Waals surface area (Å²) < 4.78 is 5.68. The molecule has 1 heterocycles. The molecule has 0 amide bonds. The van der Waals surface area contributed by atoms with Gasteiger partial charge >= 0.3 is 0 Å². The molecule has 1 saturated heterocycles. The number of hydrogen-bond donors (Lipinski definition) is 4. The molecule has 31 heavy (non-hydrogen) atoms. The second-order valence-corrected chi connectivity index (χ2v) is 9.34. The van der Waals surface area contributed by atoms with Gasteiger partial charge in [0.2, 0.25) is 0 Å². The number of benzene rings is 2. The van der Waals surface area contributed by atoms with E-state index in [4.69, 9.17) is 16.3 Å². The molecular formula is C25H31ClO5. The molecule has 168 valence electrons. The fraction of sp³-hybridized carbons (Fsp3) is 0.520. The fourth-order valence-electron chi connectivity index (χ4n) is 4.48. The minimum absolute atomic E-state index is 0.449. The first-order chi connectivity index (χ1) is 15.0. The van der Waals surface area contributed by atoms with Crippen LogP contribution in [0.1, 0.15) is 54.0 Å². The van der Waals surface area contributed by atoms with Crippen LogP contribution in [0.25, 0.3) is 0 Å². The van der Waals surface area contributed by atoms with Gasteiger partial charge in [-0.2, -0.15) is 0 Å². The highest BCUT2D eigenvalue weighted by molar-refractivity contribution is 6.31. The van der Waals surface area contributed by atoms with E-state index in [1.807, 2.05) is 6.07 Å². The Hall–Kier alpha value is -1.47. The molecule has 1 saturated carbocycles. The zero-order valence-electron chi connectivity index (χ0n) is 17.5. The van der Waals surface area contributed by atoms with Crippen molar-refractivity contribution < 1.29 is 25.2 Å². The lowest BCUT2D eigenvalue weighted by molar-refractivity contribution is -0.231. The molecule has 5 atom stereocenters. The Morgan fingerprint density at radius 3 is 2.26 bits per heavy atom. The zero-order chi connectivity index (χ0) is 22.0. The first kappa shape index (κ1) is 22.7. The Labute approximate surface area is 188 Å². The van der Waals surface area contributed by atoms with E-state index in [-0.39, 0.29) is 0 Å².